The van der Waals surface area contributed by atoms with Crippen LogP contribution < -0.4 is 10.6 Å². The first-order valence-electron chi connectivity index (χ1n) is 6.82. The van der Waals surface area contributed by atoms with E-state index in [4.69, 9.17) is 23.2 Å². The topological polar surface area (TPSA) is 49.8 Å². The van der Waals surface area contributed by atoms with Crippen LogP contribution in [0.1, 0.15) is 20.3 Å². The summed E-state index contributed by atoms with van der Waals surface area (Å²) in [7, 11) is 0. The van der Waals surface area contributed by atoms with Crippen LogP contribution in [-0.4, -0.2) is 16.5 Å². The molecule has 0 spiro atoms. The maximum atomic E-state index is 6.12. The molecule has 4 nitrogen and oxygen atoms in total. The quantitative estimate of drug-likeness (QED) is 0.786. The van der Waals surface area contributed by atoms with Gasteiger partial charge in [-0.2, -0.15) is 0 Å². The SMILES string of the molecule is CC(C)CCNc1cc(Nc2cc(Cl)ccc2Cl)ncn1. The third kappa shape index (κ3) is 5.06. The van der Waals surface area contributed by atoms with E-state index in [2.05, 4.69) is 34.4 Å². The highest BCUT2D eigenvalue weighted by Crippen LogP contribution is 2.28. The Bertz CT molecular complexity index is 602. The number of hydrogen-bond donors (Lipinski definition) is 2. The molecule has 0 amide bonds. The first-order chi connectivity index (χ1) is 10.0. The smallest absolute Gasteiger partial charge is 0.135 e. The zero-order valence-electron chi connectivity index (χ0n) is 12.0. The Morgan fingerprint density at radius 3 is 2.62 bits per heavy atom. The van der Waals surface area contributed by atoms with Crippen LogP contribution in [0.25, 0.3) is 0 Å². The van der Waals surface area contributed by atoms with Gasteiger partial charge in [0.1, 0.15) is 18.0 Å². The summed E-state index contributed by atoms with van der Waals surface area (Å²) in [5.74, 6) is 2.11. The standard InChI is InChI=1S/C15H18Cl2N4/c1-10(2)5-6-18-14-8-15(20-9-19-14)21-13-7-11(16)3-4-12(13)17/h3-4,7-10H,5-6H2,1-2H3,(H2,18,19,20,21). The van der Waals surface area contributed by atoms with Crippen LogP contribution in [0, 0.1) is 5.92 Å². The van der Waals surface area contributed by atoms with Crippen LogP contribution in [0.2, 0.25) is 10.0 Å². The van der Waals surface area contributed by atoms with E-state index >= 15 is 0 Å². The zero-order chi connectivity index (χ0) is 15.2. The third-order valence-electron chi connectivity index (χ3n) is 2.89. The van der Waals surface area contributed by atoms with E-state index < -0.39 is 0 Å². The molecule has 2 rings (SSSR count). The molecule has 0 atom stereocenters. The molecule has 0 bridgehead atoms. The lowest BCUT2D eigenvalue weighted by Crippen LogP contribution is -2.07. The molecule has 21 heavy (non-hydrogen) atoms. The van der Waals surface area contributed by atoms with Crippen molar-refractivity contribution in [1.29, 1.82) is 0 Å². The molecule has 6 heteroatoms. The van der Waals surface area contributed by atoms with Gasteiger partial charge in [-0.25, -0.2) is 9.97 Å². The van der Waals surface area contributed by atoms with E-state index in [-0.39, 0.29) is 0 Å². The summed E-state index contributed by atoms with van der Waals surface area (Å²) < 4.78 is 0. The maximum absolute atomic E-state index is 6.12. The minimum Gasteiger partial charge on any atom is -0.370 e. The van der Waals surface area contributed by atoms with Gasteiger partial charge < -0.3 is 10.6 Å². The second-order valence-corrected chi connectivity index (χ2v) is 5.99. The molecule has 0 aliphatic carbocycles. The van der Waals surface area contributed by atoms with Gasteiger partial charge in [0.15, 0.2) is 0 Å². The number of benzene rings is 1. The molecule has 1 heterocycles. The van der Waals surface area contributed by atoms with Gasteiger partial charge in [0.05, 0.1) is 10.7 Å². The number of nitrogens with zero attached hydrogens (tertiary/aromatic N) is 2. The molecule has 1 aromatic heterocycles. The van der Waals surface area contributed by atoms with E-state index in [1.165, 1.54) is 6.33 Å². The normalized spacial score (nSPS) is 10.7. The van der Waals surface area contributed by atoms with E-state index in [1.807, 2.05) is 6.07 Å². The summed E-state index contributed by atoms with van der Waals surface area (Å²) in [4.78, 5) is 8.38. The Labute approximate surface area is 134 Å². The molecule has 2 aromatic rings. The molecule has 0 radical (unpaired) electrons. The molecular weight excluding hydrogens is 307 g/mol. The second kappa shape index (κ2) is 7.48. The fourth-order valence-electron chi connectivity index (χ4n) is 1.74. The fourth-order valence-corrected chi connectivity index (χ4v) is 2.08. The van der Waals surface area contributed by atoms with Crippen molar-refractivity contribution in [2.75, 3.05) is 17.2 Å². The summed E-state index contributed by atoms with van der Waals surface area (Å²) in [5.41, 5.74) is 0.719. The molecule has 0 unspecified atom stereocenters. The van der Waals surface area contributed by atoms with Gasteiger partial charge in [-0.1, -0.05) is 37.0 Å². The van der Waals surface area contributed by atoms with E-state index in [0.717, 1.165) is 24.5 Å². The number of rotatable bonds is 6. The third-order valence-corrected chi connectivity index (χ3v) is 3.45. The monoisotopic (exact) mass is 324 g/mol. The van der Waals surface area contributed by atoms with Gasteiger partial charge in [0, 0.05) is 17.6 Å². The van der Waals surface area contributed by atoms with Gasteiger partial charge in [-0.05, 0) is 30.5 Å². The molecule has 112 valence electrons. The summed E-state index contributed by atoms with van der Waals surface area (Å²) in [6.45, 7) is 5.26. The molecule has 0 aliphatic rings. The van der Waals surface area contributed by atoms with E-state index in [0.29, 0.717) is 21.8 Å². The molecule has 0 saturated heterocycles. The highest BCUT2D eigenvalue weighted by Gasteiger charge is 2.04. The summed E-state index contributed by atoms with van der Waals surface area (Å²) in [6, 6.07) is 7.10. The van der Waals surface area contributed by atoms with Crippen molar-refractivity contribution in [2.45, 2.75) is 20.3 Å². The number of aromatic nitrogens is 2. The predicted octanol–water partition coefficient (Wildman–Crippen LogP) is 4.99. The maximum Gasteiger partial charge on any atom is 0.135 e. The minimum atomic E-state index is 0.590. The lowest BCUT2D eigenvalue weighted by atomic mass is 10.1. The molecular formula is C15H18Cl2N4. The Kier molecular flexibility index (Phi) is 5.65. The van der Waals surface area contributed by atoms with Gasteiger partial charge in [0.25, 0.3) is 0 Å². The van der Waals surface area contributed by atoms with Crippen molar-refractivity contribution < 1.29 is 0 Å². The lowest BCUT2D eigenvalue weighted by molar-refractivity contribution is 0.606. The highest BCUT2D eigenvalue weighted by atomic mass is 35.5. The molecule has 1 aromatic carbocycles. The predicted molar refractivity (Wildman–Crippen MR) is 89.7 cm³/mol. The number of anilines is 3. The minimum absolute atomic E-state index is 0.590. The Balaban J connectivity index is 2.05. The van der Waals surface area contributed by atoms with Crippen LogP contribution in [0.15, 0.2) is 30.6 Å². The Morgan fingerprint density at radius 2 is 1.86 bits per heavy atom. The zero-order valence-corrected chi connectivity index (χ0v) is 13.5. The van der Waals surface area contributed by atoms with Crippen molar-refractivity contribution in [2.24, 2.45) is 5.92 Å². The first-order valence-corrected chi connectivity index (χ1v) is 7.58. The van der Waals surface area contributed by atoms with Gasteiger partial charge in [-0.15, -0.1) is 0 Å². The average Bonchev–Trinajstić information content (AvgIpc) is 2.43. The van der Waals surface area contributed by atoms with Crippen LogP contribution in [-0.2, 0) is 0 Å². The number of halogens is 2. The van der Waals surface area contributed by atoms with Gasteiger partial charge >= 0.3 is 0 Å². The van der Waals surface area contributed by atoms with Gasteiger partial charge in [0.2, 0.25) is 0 Å². The van der Waals surface area contributed by atoms with Crippen LogP contribution in [0.4, 0.5) is 17.3 Å². The van der Waals surface area contributed by atoms with Gasteiger partial charge in [-0.3, -0.25) is 0 Å². The Hall–Kier alpha value is -1.52. The summed E-state index contributed by atoms with van der Waals surface area (Å²) in [5, 5.41) is 7.63. The second-order valence-electron chi connectivity index (χ2n) is 5.15. The van der Waals surface area contributed by atoms with Crippen molar-refractivity contribution in [3.63, 3.8) is 0 Å². The van der Waals surface area contributed by atoms with Crippen LogP contribution >= 0.6 is 23.2 Å². The van der Waals surface area contributed by atoms with E-state index in [9.17, 15) is 0 Å². The number of nitrogens with one attached hydrogen (secondary N) is 2. The highest BCUT2D eigenvalue weighted by molar-refractivity contribution is 6.35. The van der Waals surface area contributed by atoms with Crippen molar-refractivity contribution >= 4 is 40.5 Å². The molecule has 0 aliphatic heterocycles. The summed E-state index contributed by atoms with van der Waals surface area (Å²) >= 11 is 12.1. The largest absolute Gasteiger partial charge is 0.370 e. The fraction of sp³-hybridized carbons (Fsp3) is 0.333. The molecule has 2 N–H and O–H groups in total. The van der Waals surface area contributed by atoms with Crippen molar-refractivity contribution in [1.82, 2.24) is 9.97 Å². The number of hydrogen-bond acceptors (Lipinski definition) is 4. The lowest BCUT2D eigenvalue weighted by Gasteiger charge is -2.10. The average molecular weight is 325 g/mol. The van der Waals surface area contributed by atoms with E-state index in [1.54, 1.807) is 18.2 Å². The molecule has 0 saturated carbocycles. The summed E-state index contributed by atoms with van der Waals surface area (Å²) in [6.07, 6.45) is 2.60. The first kappa shape index (κ1) is 15.9. The van der Waals surface area contributed by atoms with Crippen molar-refractivity contribution in [3.8, 4) is 0 Å². The van der Waals surface area contributed by atoms with Crippen molar-refractivity contribution in [3.05, 3.63) is 40.6 Å². The molecule has 0 fully saturated rings. The van der Waals surface area contributed by atoms with Crippen LogP contribution in [0.3, 0.4) is 0 Å². The Morgan fingerprint density at radius 1 is 1.10 bits per heavy atom. The van der Waals surface area contributed by atoms with Crippen LogP contribution in [0.5, 0.6) is 0 Å².